The van der Waals surface area contributed by atoms with Gasteiger partial charge in [0.15, 0.2) is 11.5 Å². The van der Waals surface area contributed by atoms with Crippen molar-refractivity contribution in [1.82, 2.24) is 0 Å². The van der Waals surface area contributed by atoms with Crippen molar-refractivity contribution >= 4 is 11.9 Å². The fourth-order valence-corrected chi connectivity index (χ4v) is 4.12. The zero-order valence-corrected chi connectivity index (χ0v) is 23.4. The summed E-state index contributed by atoms with van der Waals surface area (Å²) >= 11 is 0. The minimum Gasteiger partial charge on any atom is -0.490 e. The van der Waals surface area contributed by atoms with Gasteiger partial charge in [0.05, 0.1) is 6.61 Å². The molecule has 36 heavy (non-hydrogen) atoms. The Balaban J connectivity index is 2.63. The van der Waals surface area contributed by atoms with Gasteiger partial charge in [-0.25, -0.2) is 0 Å². The van der Waals surface area contributed by atoms with E-state index in [9.17, 15) is 9.59 Å². The lowest BCUT2D eigenvalue weighted by atomic mass is 10.1. The Hall–Kier alpha value is -2.04. The van der Waals surface area contributed by atoms with Crippen LogP contribution in [0, 0.1) is 0 Å². The highest BCUT2D eigenvalue weighted by Crippen LogP contribution is 2.38. The normalized spacial score (nSPS) is 10.9. The second-order valence-electron chi connectivity index (χ2n) is 9.83. The molecule has 0 atom stereocenters. The zero-order valence-electron chi connectivity index (χ0n) is 23.4. The second kappa shape index (κ2) is 22.2. The third-order valence-electron chi connectivity index (χ3n) is 6.36. The van der Waals surface area contributed by atoms with Gasteiger partial charge in [0, 0.05) is 12.8 Å². The number of carbonyl (C=O) groups excluding carboxylic acids is 2. The van der Waals surface area contributed by atoms with Crippen LogP contribution >= 0.6 is 0 Å². The van der Waals surface area contributed by atoms with Crippen LogP contribution in [0.5, 0.6) is 17.2 Å². The number of esters is 2. The molecule has 1 aromatic carbocycles. The zero-order chi connectivity index (χ0) is 26.3. The van der Waals surface area contributed by atoms with Gasteiger partial charge in [-0.3, -0.25) is 9.59 Å². The van der Waals surface area contributed by atoms with E-state index in [2.05, 4.69) is 20.8 Å². The van der Waals surface area contributed by atoms with Crippen molar-refractivity contribution in [2.75, 3.05) is 6.61 Å². The highest BCUT2D eigenvalue weighted by molar-refractivity contribution is 5.77. The third-order valence-corrected chi connectivity index (χ3v) is 6.36. The van der Waals surface area contributed by atoms with Crippen LogP contribution in [-0.4, -0.2) is 18.5 Å². The van der Waals surface area contributed by atoms with Crippen LogP contribution in [0.3, 0.4) is 0 Å². The van der Waals surface area contributed by atoms with Gasteiger partial charge in [-0.1, -0.05) is 117 Å². The van der Waals surface area contributed by atoms with E-state index in [0.29, 0.717) is 25.2 Å². The van der Waals surface area contributed by atoms with E-state index in [-0.39, 0.29) is 23.4 Å². The van der Waals surface area contributed by atoms with Gasteiger partial charge >= 0.3 is 11.9 Å². The van der Waals surface area contributed by atoms with E-state index >= 15 is 0 Å². The van der Waals surface area contributed by atoms with E-state index in [1.54, 1.807) is 18.2 Å². The largest absolute Gasteiger partial charge is 0.490 e. The van der Waals surface area contributed by atoms with E-state index < -0.39 is 0 Å². The molecule has 0 unspecified atom stereocenters. The van der Waals surface area contributed by atoms with Crippen LogP contribution in [0.15, 0.2) is 18.2 Å². The maximum atomic E-state index is 12.6. The van der Waals surface area contributed by atoms with Gasteiger partial charge in [-0.05, 0) is 31.4 Å². The van der Waals surface area contributed by atoms with Crippen molar-refractivity contribution in [2.45, 2.75) is 143 Å². The predicted octanol–water partition coefficient (Wildman–Crippen LogP) is 9.35. The number of hydrogen-bond acceptors (Lipinski definition) is 5. The first-order valence-corrected chi connectivity index (χ1v) is 14.8. The SMILES string of the molecule is CCCCCCCCCC(=O)Oc1cccc(OCCCCC)c1OC(=O)CCCCCCCCC. The summed E-state index contributed by atoms with van der Waals surface area (Å²) in [5, 5.41) is 0. The summed E-state index contributed by atoms with van der Waals surface area (Å²) in [5.41, 5.74) is 0. The van der Waals surface area contributed by atoms with Crippen LogP contribution in [0.2, 0.25) is 0 Å². The Bertz CT molecular complexity index is 700. The van der Waals surface area contributed by atoms with Crippen LogP contribution < -0.4 is 14.2 Å². The van der Waals surface area contributed by atoms with E-state index in [4.69, 9.17) is 14.2 Å². The molecule has 5 nitrogen and oxygen atoms in total. The summed E-state index contributed by atoms with van der Waals surface area (Å²) in [4.78, 5) is 25.1. The number of hydrogen-bond donors (Lipinski definition) is 0. The molecule has 0 bridgehead atoms. The Labute approximate surface area is 220 Å². The summed E-state index contributed by atoms with van der Waals surface area (Å²) in [7, 11) is 0. The van der Waals surface area contributed by atoms with Crippen LogP contribution in [-0.2, 0) is 9.59 Å². The molecular formula is C31H52O5. The maximum absolute atomic E-state index is 12.6. The van der Waals surface area contributed by atoms with Crippen molar-refractivity contribution < 1.29 is 23.8 Å². The molecule has 0 aromatic heterocycles. The molecule has 1 aromatic rings. The maximum Gasteiger partial charge on any atom is 0.311 e. The molecule has 0 aliphatic carbocycles. The Morgan fingerprint density at radius 1 is 0.556 bits per heavy atom. The lowest BCUT2D eigenvalue weighted by Gasteiger charge is -2.15. The molecule has 0 amide bonds. The standard InChI is InChI=1S/C31H52O5/c1-4-7-10-12-14-16-18-24-29(32)35-28-23-21-22-27(34-26-20-9-6-3)31(28)36-30(33)25-19-17-15-13-11-8-5-2/h21-23H,4-20,24-26H2,1-3H3. The van der Waals surface area contributed by atoms with Crippen molar-refractivity contribution in [1.29, 1.82) is 0 Å². The monoisotopic (exact) mass is 504 g/mol. The van der Waals surface area contributed by atoms with Gasteiger partial charge in [-0.2, -0.15) is 0 Å². The molecule has 1 rings (SSSR count). The van der Waals surface area contributed by atoms with Gasteiger partial charge < -0.3 is 14.2 Å². The molecular weight excluding hydrogens is 452 g/mol. The third kappa shape index (κ3) is 15.9. The summed E-state index contributed by atoms with van der Waals surface area (Å²) in [6.45, 7) is 7.10. The smallest absolute Gasteiger partial charge is 0.311 e. The second-order valence-corrected chi connectivity index (χ2v) is 9.83. The van der Waals surface area contributed by atoms with Crippen LogP contribution in [0.4, 0.5) is 0 Å². The molecule has 5 heteroatoms. The van der Waals surface area contributed by atoms with Crippen molar-refractivity contribution in [3.63, 3.8) is 0 Å². The van der Waals surface area contributed by atoms with Gasteiger partial charge in [0.2, 0.25) is 5.75 Å². The first kappa shape index (κ1) is 32.0. The number of unbranched alkanes of at least 4 members (excludes halogenated alkanes) is 14. The van der Waals surface area contributed by atoms with E-state index in [1.807, 2.05) is 0 Å². The van der Waals surface area contributed by atoms with Crippen molar-refractivity contribution in [3.8, 4) is 17.2 Å². The molecule has 0 saturated carbocycles. The van der Waals surface area contributed by atoms with Crippen LogP contribution in [0.25, 0.3) is 0 Å². The molecule has 0 spiro atoms. The molecule has 206 valence electrons. The minimum absolute atomic E-state index is 0.231. The quantitative estimate of drug-likeness (QED) is 0.0844. The molecule has 0 aliphatic rings. The average Bonchev–Trinajstić information content (AvgIpc) is 2.87. The summed E-state index contributed by atoms with van der Waals surface area (Å²) in [6.07, 6.45) is 19.7. The molecule has 0 heterocycles. The number of rotatable bonds is 23. The number of carbonyl (C=O) groups is 2. The summed E-state index contributed by atoms with van der Waals surface area (Å²) in [5.74, 6) is 0.354. The first-order chi connectivity index (χ1) is 17.6. The molecule has 0 aliphatic heterocycles. The van der Waals surface area contributed by atoms with Crippen molar-refractivity contribution in [3.05, 3.63) is 18.2 Å². The lowest BCUT2D eigenvalue weighted by molar-refractivity contribution is -0.137. The minimum atomic E-state index is -0.308. The first-order valence-electron chi connectivity index (χ1n) is 14.8. The fourth-order valence-electron chi connectivity index (χ4n) is 4.12. The topological polar surface area (TPSA) is 61.8 Å². The Morgan fingerprint density at radius 3 is 1.56 bits per heavy atom. The Morgan fingerprint density at radius 2 is 1.00 bits per heavy atom. The number of ether oxygens (including phenoxy) is 3. The average molecular weight is 505 g/mol. The lowest BCUT2D eigenvalue weighted by Crippen LogP contribution is -2.13. The summed E-state index contributed by atoms with van der Waals surface area (Å²) < 4.78 is 17.3. The van der Waals surface area contributed by atoms with Gasteiger partial charge in [-0.15, -0.1) is 0 Å². The highest BCUT2D eigenvalue weighted by Gasteiger charge is 2.19. The Kier molecular flexibility index (Phi) is 19.7. The molecule has 0 saturated heterocycles. The van der Waals surface area contributed by atoms with Crippen LogP contribution in [0.1, 0.15) is 143 Å². The molecule has 0 radical (unpaired) electrons. The van der Waals surface area contributed by atoms with Gasteiger partial charge in [0.25, 0.3) is 0 Å². The van der Waals surface area contributed by atoms with E-state index in [1.165, 1.54) is 51.4 Å². The predicted molar refractivity (Wildman–Crippen MR) is 148 cm³/mol. The van der Waals surface area contributed by atoms with Crippen molar-refractivity contribution in [2.24, 2.45) is 0 Å². The molecule has 0 N–H and O–H groups in total. The van der Waals surface area contributed by atoms with Gasteiger partial charge in [0.1, 0.15) is 0 Å². The molecule has 0 fully saturated rings. The fraction of sp³-hybridized carbons (Fsp3) is 0.742. The van der Waals surface area contributed by atoms with E-state index in [0.717, 1.165) is 57.8 Å². The number of benzene rings is 1. The highest BCUT2D eigenvalue weighted by atomic mass is 16.6. The summed E-state index contributed by atoms with van der Waals surface area (Å²) in [6, 6.07) is 5.23. The number of para-hydroxylation sites is 1.